The third-order valence-corrected chi connectivity index (χ3v) is 3.35. The van der Waals surface area contributed by atoms with Crippen molar-refractivity contribution in [2.75, 3.05) is 6.54 Å². The SMILES string of the molecule is C=C(N)/C(=N\CC)c1ccc(OC2CCCC2)cc1. The first kappa shape index (κ1) is 13.7. The van der Waals surface area contributed by atoms with E-state index in [-0.39, 0.29) is 0 Å². The lowest BCUT2D eigenvalue weighted by atomic mass is 10.1. The third kappa shape index (κ3) is 3.60. The number of nitrogens with zero attached hydrogens (tertiary/aromatic N) is 1. The maximum atomic E-state index is 5.94. The number of ether oxygens (including phenoxy) is 1. The van der Waals surface area contributed by atoms with Crippen molar-refractivity contribution in [2.24, 2.45) is 10.7 Å². The molecule has 1 aliphatic rings. The van der Waals surface area contributed by atoms with Gasteiger partial charge in [0.15, 0.2) is 0 Å². The van der Waals surface area contributed by atoms with E-state index < -0.39 is 0 Å². The van der Waals surface area contributed by atoms with E-state index in [0.717, 1.165) is 17.0 Å². The molecule has 2 rings (SSSR count). The summed E-state index contributed by atoms with van der Waals surface area (Å²) in [6.45, 7) is 6.46. The van der Waals surface area contributed by atoms with Crippen LogP contribution in [0.1, 0.15) is 38.2 Å². The molecule has 102 valence electrons. The van der Waals surface area contributed by atoms with Crippen molar-refractivity contribution in [3.05, 3.63) is 42.1 Å². The first-order chi connectivity index (χ1) is 9.20. The van der Waals surface area contributed by atoms with Crippen LogP contribution in [0, 0.1) is 0 Å². The van der Waals surface area contributed by atoms with Gasteiger partial charge in [-0.05, 0) is 56.9 Å². The molecule has 0 saturated heterocycles. The van der Waals surface area contributed by atoms with Gasteiger partial charge in [0, 0.05) is 12.1 Å². The smallest absolute Gasteiger partial charge is 0.119 e. The number of hydrogen-bond donors (Lipinski definition) is 1. The molecule has 0 heterocycles. The van der Waals surface area contributed by atoms with Gasteiger partial charge in [0.1, 0.15) is 5.75 Å². The van der Waals surface area contributed by atoms with Gasteiger partial charge in [-0.2, -0.15) is 0 Å². The Hall–Kier alpha value is -1.77. The predicted octanol–water partition coefficient (Wildman–Crippen LogP) is 3.29. The minimum Gasteiger partial charge on any atom is -0.490 e. The monoisotopic (exact) mass is 258 g/mol. The largest absolute Gasteiger partial charge is 0.490 e. The summed E-state index contributed by atoms with van der Waals surface area (Å²) in [6.07, 6.45) is 5.29. The van der Waals surface area contributed by atoms with Crippen LogP contribution in [0.3, 0.4) is 0 Å². The predicted molar refractivity (Wildman–Crippen MR) is 79.7 cm³/mol. The van der Waals surface area contributed by atoms with Crippen molar-refractivity contribution in [1.29, 1.82) is 0 Å². The van der Waals surface area contributed by atoms with Crippen molar-refractivity contribution in [3.8, 4) is 5.75 Å². The number of nitrogens with two attached hydrogens (primary N) is 1. The molecule has 3 nitrogen and oxygen atoms in total. The average molecular weight is 258 g/mol. The normalized spacial score (nSPS) is 16.6. The molecule has 0 unspecified atom stereocenters. The number of benzene rings is 1. The molecule has 0 spiro atoms. The summed E-state index contributed by atoms with van der Waals surface area (Å²) < 4.78 is 5.94. The van der Waals surface area contributed by atoms with Crippen LogP contribution in [-0.2, 0) is 0 Å². The molecule has 0 aliphatic heterocycles. The minimum absolute atomic E-state index is 0.388. The molecule has 19 heavy (non-hydrogen) atoms. The molecule has 1 aliphatic carbocycles. The Morgan fingerprint density at radius 2 is 1.95 bits per heavy atom. The van der Waals surface area contributed by atoms with Crippen molar-refractivity contribution in [2.45, 2.75) is 38.7 Å². The quantitative estimate of drug-likeness (QED) is 0.824. The zero-order chi connectivity index (χ0) is 13.7. The highest BCUT2D eigenvalue weighted by atomic mass is 16.5. The van der Waals surface area contributed by atoms with Crippen molar-refractivity contribution >= 4 is 5.71 Å². The molecule has 0 atom stereocenters. The second-order valence-electron chi connectivity index (χ2n) is 4.90. The third-order valence-electron chi connectivity index (χ3n) is 3.35. The second kappa shape index (κ2) is 6.41. The fraction of sp³-hybridized carbons (Fsp3) is 0.438. The maximum Gasteiger partial charge on any atom is 0.119 e. The van der Waals surface area contributed by atoms with Gasteiger partial charge in [-0.1, -0.05) is 6.58 Å². The van der Waals surface area contributed by atoms with Crippen LogP contribution in [0.25, 0.3) is 0 Å². The topological polar surface area (TPSA) is 47.6 Å². The number of allylic oxidation sites excluding steroid dienone is 1. The molecule has 1 fully saturated rings. The summed E-state index contributed by atoms with van der Waals surface area (Å²) in [5.41, 5.74) is 8.04. The molecule has 1 saturated carbocycles. The van der Waals surface area contributed by atoms with E-state index in [1.54, 1.807) is 0 Å². The van der Waals surface area contributed by atoms with Gasteiger partial charge in [-0.25, -0.2) is 0 Å². The van der Waals surface area contributed by atoms with Crippen LogP contribution >= 0.6 is 0 Å². The lowest BCUT2D eigenvalue weighted by Crippen LogP contribution is -2.13. The van der Waals surface area contributed by atoms with Crippen molar-refractivity contribution in [3.63, 3.8) is 0 Å². The van der Waals surface area contributed by atoms with E-state index in [1.165, 1.54) is 25.7 Å². The molecule has 3 heteroatoms. The number of hydrogen-bond acceptors (Lipinski definition) is 3. The van der Waals surface area contributed by atoms with Crippen molar-refractivity contribution in [1.82, 2.24) is 0 Å². The lowest BCUT2D eigenvalue weighted by molar-refractivity contribution is 0.210. The van der Waals surface area contributed by atoms with Crippen LogP contribution in [0.15, 0.2) is 41.5 Å². The minimum atomic E-state index is 0.388. The summed E-state index contributed by atoms with van der Waals surface area (Å²) >= 11 is 0. The van der Waals surface area contributed by atoms with Crippen LogP contribution in [0.4, 0.5) is 0 Å². The molecule has 0 bridgehead atoms. The van der Waals surface area contributed by atoms with Gasteiger partial charge in [-0.3, -0.25) is 4.99 Å². The van der Waals surface area contributed by atoms with Gasteiger partial charge in [0.05, 0.1) is 17.5 Å². The first-order valence-corrected chi connectivity index (χ1v) is 6.97. The molecule has 0 aromatic heterocycles. The van der Waals surface area contributed by atoms with E-state index in [4.69, 9.17) is 10.5 Å². The zero-order valence-corrected chi connectivity index (χ0v) is 11.6. The Kier molecular flexibility index (Phi) is 4.61. The Bertz CT molecular complexity index is 456. The summed E-state index contributed by atoms with van der Waals surface area (Å²) in [7, 11) is 0. The fourth-order valence-electron chi connectivity index (χ4n) is 2.43. The molecular formula is C16H22N2O. The summed E-state index contributed by atoms with van der Waals surface area (Å²) in [5.74, 6) is 0.925. The van der Waals surface area contributed by atoms with Crippen LogP contribution < -0.4 is 10.5 Å². The summed E-state index contributed by atoms with van der Waals surface area (Å²) in [5, 5.41) is 0. The lowest BCUT2D eigenvalue weighted by Gasteiger charge is -2.13. The highest BCUT2D eigenvalue weighted by molar-refractivity contribution is 6.11. The number of aliphatic imine (C=N–C) groups is 1. The molecule has 1 aromatic rings. The summed E-state index contributed by atoms with van der Waals surface area (Å²) in [6, 6.07) is 7.97. The summed E-state index contributed by atoms with van der Waals surface area (Å²) in [4.78, 5) is 4.38. The Morgan fingerprint density at radius 3 is 2.47 bits per heavy atom. The Balaban J connectivity index is 2.08. The van der Waals surface area contributed by atoms with E-state index in [9.17, 15) is 0 Å². The zero-order valence-electron chi connectivity index (χ0n) is 11.6. The van der Waals surface area contributed by atoms with Gasteiger partial charge >= 0.3 is 0 Å². The van der Waals surface area contributed by atoms with Gasteiger partial charge in [-0.15, -0.1) is 0 Å². The van der Waals surface area contributed by atoms with Crippen molar-refractivity contribution < 1.29 is 4.74 Å². The van der Waals surface area contributed by atoms with E-state index in [2.05, 4.69) is 11.6 Å². The van der Waals surface area contributed by atoms with Gasteiger partial charge in [0.25, 0.3) is 0 Å². The Morgan fingerprint density at radius 1 is 1.32 bits per heavy atom. The van der Waals surface area contributed by atoms with Crippen LogP contribution in [0.2, 0.25) is 0 Å². The Labute approximate surface area is 115 Å². The standard InChI is InChI=1S/C16H22N2O/c1-3-18-16(12(2)17)13-8-10-15(11-9-13)19-14-6-4-5-7-14/h8-11,14H,2-7,17H2,1H3/b18-16+. The highest BCUT2D eigenvalue weighted by Crippen LogP contribution is 2.24. The van der Waals surface area contributed by atoms with E-state index >= 15 is 0 Å². The molecule has 2 N–H and O–H groups in total. The number of rotatable bonds is 5. The molecule has 1 aromatic carbocycles. The van der Waals surface area contributed by atoms with E-state index in [1.807, 2.05) is 31.2 Å². The van der Waals surface area contributed by atoms with Crippen LogP contribution in [0.5, 0.6) is 5.75 Å². The molecular weight excluding hydrogens is 236 g/mol. The van der Waals surface area contributed by atoms with E-state index in [0.29, 0.717) is 18.3 Å². The molecule has 0 amide bonds. The highest BCUT2D eigenvalue weighted by Gasteiger charge is 2.16. The first-order valence-electron chi connectivity index (χ1n) is 6.97. The molecule has 0 radical (unpaired) electrons. The fourth-order valence-corrected chi connectivity index (χ4v) is 2.43. The van der Waals surface area contributed by atoms with Gasteiger partial charge in [0.2, 0.25) is 0 Å². The maximum absolute atomic E-state index is 5.94. The average Bonchev–Trinajstić information content (AvgIpc) is 2.90. The second-order valence-corrected chi connectivity index (χ2v) is 4.90. The van der Waals surface area contributed by atoms with Gasteiger partial charge < -0.3 is 10.5 Å². The van der Waals surface area contributed by atoms with Crippen LogP contribution in [-0.4, -0.2) is 18.4 Å².